The third-order valence-electron chi connectivity index (χ3n) is 6.31. The lowest BCUT2D eigenvalue weighted by Gasteiger charge is -2.19. The Labute approximate surface area is 198 Å². The number of benzene rings is 2. The van der Waals surface area contributed by atoms with Crippen molar-refractivity contribution in [2.24, 2.45) is 0 Å². The van der Waals surface area contributed by atoms with Crippen LogP contribution in [0.4, 0.5) is 5.82 Å². The van der Waals surface area contributed by atoms with Crippen molar-refractivity contribution in [3.05, 3.63) is 82.3 Å². The molecule has 33 heavy (non-hydrogen) atoms. The molecule has 0 spiro atoms. The molecule has 1 aliphatic heterocycles. The van der Waals surface area contributed by atoms with Crippen LogP contribution in [0.5, 0.6) is 0 Å². The zero-order valence-corrected chi connectivity index (χ0v) is 19.6. The number of amides is 1. The number of hydrogen-bond donors (Lipinski definition) is 1. The Kier molecular flexibility index (Phi) is 5.77. The van der Waals surface area contributed by atoms with Crippen LogP contribution in [0.15, 0.2) is 54.6 Å². The molecule has 1 fully saturated rings. The Bertz CT molecular complexity index is 1330. The molecule has 2 aromatic heterocycles. The number of aromatic nitrogens is 3. The quantitative estimate of drug-likeness (QED) is 0.444. The maximum atomic E-state index is 13.1. The number of hydrogen-bond acceptors (Lipinski definition) is 4. The van der Waals surface area contributed by atoms with E-state index in [-0.39, 0.29) is 11.7 Å². The molecule has 7 heteroatoms. The lowest BCUT2D eigenvalue weighted by Crippen LogP contribution is -2.27. The summed E-state index contributed by atoms with van der Waals surface area (Å²) in [6.07, 6.45) is 2.24. The van der Waals surface area contributed by atoms with Crippen LogP contribution in [0.1, 0.15) is 40.3 Å². The van der Waals surface area contributed by atoms with E-state index in [0.717, 1.165) is 65.3 Å². The fourth-order valence-electron chi connectivity index (χ4n) is 4.49. The van der Waals surface area contributed by atoms with Gasteiger partial charge in [0.2, 0.25) is 5.82 Å². The number of fused-ring (bicyclic) bond motifs is 1. The molecule has 0 unspecified atom stereocenters. The summed E-state index contributed by atoms with van der Waals surface area (Å²) >= 11 is 6.30. The zero-order valence-electron chi connectivity index (χ0n) is 18.8. The summed E-state index contributed by atoms with van der Waals surface area (Å²) in [6.45, 7) is 6.45. The van der Waals surface area contributed by atoms with Crippen molar-refractivity contribution in [3.63, 3.8) is 0 Å². The Morgan fingerprint density at radius 2 is 1.79 bits per heavy atom. The molecule has 0 saturated carbocycles. The van der Waals surface area contributed by atoms with Gasteiger partial charge in [-0.05, 0) is 56.0 Å². The van der Waals surface area contributed by atoms with Gasteiger partial charge in [-0.2, -0.15) is 0 Å². The van der Waals surface area contributed by atoms with Crippen molar-refractivity contribution in [3.8, 4) is 5.69 Å². The zero-order chi connectivity index (χ0) is 22.9. The predicted molar refractivity (Wildman–Crippen MR) is 132 cm³/mol. The van der Waals surface area contributed by atoms with Crippen LogP contribution in [0.25, 0.3) is 16.7 Å². The molecule has 168 valence electrons. The van der Waals surface area contributed by atoms with Crippen molar-refractivity contribution >= 4 is 34.4 Å². The summed E-state index contributed by atoms with van der Waals surface area (Å²) in [6, 6.07) is 17.5. The van der Waals surface area contributed by atoms with Crippen LogP contribution < -0.4 is 10.2 Å². The molecule has 0 radical (unpaired) electrons. The number of carbonyl (C=O) groups is 1. The van der Waals surface area contributed by atoms with Gasteiger partial charge in [-0.1, -0.05) is 48.0 Å². The van der Waals surface area contributed by atoms with E-state index in [1.807, 2.05) is 54.6 Å². The van der Waals surface area contributed by atoms with E-state index in [4.69, 9.17) is 21.6 Å². The van der Waals surface area contributed by atoms with Crippen LogP contribution in [-0.2, 0) is 6.54 Å². The molecule has 0 bridgehead atoms. The summed E-state index contributed by atoms with van der Waals surface area (Å²) in [5.74, 6) is 0.736. The maximum Gasteiger partial charge on any atom is 0.289 e. The largest absolute Gasteiger partial charge is 0.356 e. The van der Waals surface area contributed by atoms with Gasteiger partial charge in [0, 0.05) is 36.0 Å². The highest BCUT2D eigenvalue weighted by Gasteiger charge is 2.26. The third kappa shape index (κ3) is 4.07. The number of nitrogens with zero attached hydrogens (tertiary/aromatic N) is 4. The molecule has 6 nitrogen and oxygen atoms in total. The Morgan fingerprint density at radius 3 is 2.52 bits per heavy atom. The Hall–Kier alpha value is -3.38. The fraction of sp³-hybridized carbons (Fsp3) is 0.269. The number of carbonyl (C=O) groups excluding carboxylic acids is 1. The average Bonchev–Trinajstić information content (AvgIpc) is 3.45. The molecule has 0 aliphatic carbocycles. The van der Waals surface area contributed by atoms with Gasteiger partial charge in [-0.3, -0.25) is 9.36 Å². The second-order valence-corrected chi connectivity index (χ2v) is 8.89. The monoisotopic (exact) mass is 459 g/mol. The second kappa shape index (κ2) is 8.87. The molecule has 4 aromatic rings. The molecule has 0 atom stereocenters. The van der Waals surface area contributed by atoms with Crippen LogP contribution >= 0.6 is 11.6 Å². The van der Waals surface area contributed by atoms with Crippen LogP contribution in [0, 0.1) is 13.8 Å². The van der Waals surface area contributed by atoms with Crippen molar-refractivity contribution in [2.75, 3.05) is 18.0 Å². The summed E-state index contributed by atoms with van der Waals surface area (Å²) in [5, 5.41) is 4.62. The van der Waals surface area contributed by atoms with Gasteiger partial charge >= 0.3 is 0 Å². The van der Waals surface area contributed by atoms with Crippen LogP contribution in [-0.4, -0.2) is 33.5 Å². The molecule has 2 aromatic carbocycles. The molecular weight excluding hydrogens is 434 g/mol. The smallest absolute Gasteiger partial charge is 0.289 e. The first-order valence-corrected chi connectivity index (χ1v) is 11.6. The van der Waals surface area contributed by atoms with Crippen LogP contribution in [0.3, 0.4) is 0 Å². The first-order chi connectivity index (χ1) is 16.0. The maximum absolute atomic E-state index is 13.1. The van der Waals surface area contributed by atoms with Gasteiger partial charge in [0.1, 0.15) is 5.82 Å². The minimum atomic E-state index is -0.282. The van der Waals surface area contributed by atoms with Crippen molar-refractivity contribution in [2.45, 2.75) is 33.2 Å². The van der Waals surface area contributed by atoms with Gasteiger partial charge in [-0.15, -0.1) is 0 Å². The third-order valence-corrected chi connectivity index (χ3v) is 6.54. The van der Waals surface area contributed by atoms with Gasteiger partial charge in [-0.25, -0.2) is 9.97 Å². The molecule has 1 aliphatic rings. The van der Waals surface area contributed by atoms with E-state index >= 15 is 0 Å². The molecule has 1 saturated heterocycles. The van der Waals surface area contributed by atoms with E-state index in [2.05, 4.69) is 28.6 Å². The van der Waals surface area contributed by atoms with Gasteiger partial charge in [0.15, 0.2) is 5.65 Å². The van der Waals surface area contributed by atoms with Crippen molar-refractivity contribution in [1.29, 1.82) is 0 Å². The summed E-state index contributed by atoms with van der Waals surface area (Å²) in [7, 11) is 0. The summed E-state index contributed by atoms with van der Waals surface area (Å²) in [4.78, 5) is 25.0. The minimum Gasteiger partial charge on any atom is -0.356 e. The highest BCUT2D eigenvalue weighted by Crippen LogP contribution is 2.35. The number of anilines is 1. The number of aryl methyl sites for hydroxylation is 1. The van der Waals surface area contributed by atoms with Gasteiger partial charge < -0.3 is 10.2 Å². The first-order valence-electron chi connectivity index (χ1n) is 11.3. The highest BCUT2D eigenvalue weighted by molar-refractivity contribution is 6.30. The summed E-state index contributed by atoms with van der Waals surface area (Å²) in [5.41, 5.74) is 4.85. The molecule has 5 rings (SSSR count). The average molecular weight is 460 g/mol. The Balaban J connectivity index is 1.64. The lowest BCUT2D eigenvalue weighted by atomic mass is 10.2. The second-order valence-electron chi connectivity index (χ2n) is 8.46. The van der Waals surface area contributed by atoms with E-state index in [1.165, 1.54) is 0 Å². The SMILES string of the molecule is Cc1c(C)n(-c2cccc(Cl)c2)c2nc(C(=O)NCc3ccccc3)nc(N3CCCC3)c12. The topological polar surface area (TPSA) is 63.1 Å². The Morgan fingerprint density at radius 1 is 1.03 bits per heavy atom. The molecular formula is C26H26ClN5O. The number of nitrogens with one attached hydrogen (secondary N) is 1. The number of rotatable bonds is 5. The van der Waals surface area contributed by atoms with Crippen LogP contribution in [0.2, 0.25) is 5.02 Å². The molecule has 1 amide bonds. The molecule has 3 heterocycles. The highest BCUT2D eigenvalue weighted by atomic mass is 35.5. The molecule has 1 N–H and O–H groups in total. The predicted octanol–water partition coefficient (Wildman–Crippen LogP) is 5.22. The number of halogens is 1. The minimum absolute atomic E-state index is 0.182. The van der Waals surface area contributed by atoms with E-state index in [0.29, 0.717) is 11.6 Å². The van der Waals surface area contributed by atoms with E-state index in [1.54, 1.807) is 0 Å². The van der Waals surface area contributed by atoms with E-state index in [9.17, 15) is 4.79 Å². The van der Waals surface area contributed by atoms with Gasteiger partial charge in [0.25, 0.3) is 5.91 Å². The van der Waals surface area contributed by atoms with Crippen molar-refractivity contribution in [1.82, 2.24) is 19.9 Å². The normalized spacial score (nSPS) is 13.6. The summed E-state index contributed by atoms with van der Waals surface area (Å²) < 4.78 is 2.08. The van der Waals surface area contributed by atoms with Gasteiger partial charge in [0.05, 0.1) is 5.39 Å². The lowest BCUT2D eigenvalue weighted by molar-refractivity contribution is 0.0941. The van der Waals surface area contributed by atoms with Crippen molar-refractivity contribution < 1.29 is 4.79 Å². The fourth-order valence-corrected chi connectivity index (χ4v) is 4.67. The van der Waals surface area contributed by atoms with E-state index < -0.39 is 0 Å². The first kappa shape index (κ1) is 21.5. The standard InChI is InChI=1S/C26H26ClN5O/c1-17-18(2)32(21-12-8-11-20(27)15-21)25-22(17)24(31-13-6-7-14-31)29-23(30-25)26(33)28-16-19-9-4-3-5-10-19/h3-5,8-12,15H,6-7,13-14,16H2,1-2H3,(H,28,33).